The molecule has 0 aliphatic heterocycles. The molecule has 27 heavy (non-hydrogen) atoms. The normalized spacial score (nSPS) is 12.8. The predicted octanol–water partition coefficient (Wildman–Crippen LogP) is 3.59. The van der Waals surface area contributed by atoms with Crippen LogP contribution in [-0.2, 0) is 0 Å². The minimum absolute atomic E-state index is 0.134. The van der Waals surface area contributed by atoms with Gasteiger partial charge in [0.05, 0.1) is 17.9 Å². The number of aromatic amines is 1. The summed E-state index contributed by atoms with van der Waals surface area (Å²) in [4.78, 5) is 18.3. The van der Waals surface area contributed by atoms with Crippen LogP contribution in [0.3, 0.4) is 0 Å². The summed E-state index contributed by atoms with van der Waals surface area (Å²) in [5, 5.41) is 4.14. The highest BCUT2D eigenvalue weighted by Gasteiger charge is 2.31. The lowest BCUT2D eigenvalue weighted by Crippen LogP contribution is -2.17. The van der Waals surface area contributed by atoms with E-state index in [0.717, 1.165) is 6.07 Å². The Balaban J connectivity index is 1.87. The van der Waals surface area contributed by atoms with Crippen LogP contribution < -0.4 is 10.3 Å². The van der Waals surface area contributed by atoms with Crippen LogP contribution in [0.25, 0.3) is 11.3 Å². The molecule has 0 radical (unpaired) electrons. The van der Waals surface area contributed by atoms with E-state index < -0.39 is 24.0 Å². The molecular formula is C17H14F4N4O2. The van der Waals surface area contributed by atoms with Gasteiger partial charge in [-0.3, -0.25) is 9.48 Å². The minimum atomic E-state index is -4.89. The van der Waals surface area contributed by atoms with Crippen molar-refractivity contribution < 1.29 is 22.3 Å². The van der Waals surface area contributed by atoms with Crippen molar-refractivity contribution in [1.82, 2.24) is 19.7 Å². The van der Waals surface area contributed by atoms with E-state index in [1.807, 2.05) is 0 Å². The number of hydrogen-bond acceptors (Lipinski definition) is 4. The van der Waals surface area contributed by atoms with Crippen LogP contribution in [-0.4, -0.2) is 26.1 Å². The lowest BCUT2D eigenvalue weighted by molar-refractivity contribution is -0.274. The van der Waals surface area contributed by atoms with Gasteiger partial charge in [0, 0.05) is 29.5 Å². The van der Waals surface area contributed by atoms with Crippen LogP contribution >= 0.6 is 0 Å². The first-order valence-electron chi connectivity index (χ1n) is 7.80. The molecule has 0 saturated carbocycles. The van der Waals surface area contributed by atoms with E-state index in [9.17, 15) is 22.4 Å². The van der Waals surface area contributed by atoms with Crippen molar-refractivity contribution in [2.45, 2.75) is 26.3 Å². The molecule has 0 aliphatic carbocycles. The molecule has 0 saturated heterocycles. The number of H-pyrrole nitrogens is 1. The van der Waals surface area contributed by atoms with Gasteiger partial charge in [-0.15, -0.1) is 13.2 Å². The second-order valence-electron chi connectivity index (χ2n) is 5.83. The van der Waals surface area contributed by atoms with Crippen molar-refractivity contribution in [1.29, 1.82) is 0 Å². The maximum Gasteiger partial charge on any atom is 0.573 e. The maximum absolute atomic E-state index is 14.3. The van der Waals surface area contributed by atoms with Crippen LogP contribution in [0.15, 0.2) is 41.5 Å². The molecular weight excluding hydrogens is 368 g/mol. The van der Waals surface area contributed by atoms with Crippen molar-refractivity contribution in [3.8, 4) is 17.0 Å². The summed E-state index contributed by atoms with van der Waals surface area (Å²) in [6.07, 6.45) is -1.85. The van der Waals surface area contributed by atoms with E-state index in [2.05, 4.69) is 19.8 Å². The molecule has 3 aromatic rings. The average Bonchev–Trinajstić information content (AvgIpc) is 3.02. The molecule has 142 valence electrons. The number of ether oxygens (including phenoxy) is 1. The molecule has 6 nitrogen and oxygen atoms in total. The Kier molecular flexibility index (Phi) is 4.73. The van der Waals surface area contributed by atoms with E-state index in [4.69, 9.17) is 0 Å². The Morgan fingerprint density at radius 3 is 2.63 bits per heavy atom. The lowest BCUT2D eigenvalue weighted by Gasteiger charge is -2.15. The van der Waals surface area contributed by atoms with Crippen LogP contribution in [0.1, 0.15) is 24.4 Å². The van der Waals surface area contributed by atoms with E-state index >= 15 is 0 Å². The zero-order chi connectivity index (χ0) is 19.8. The average molecular weight is 382 g/mol. The Hall–Kier alpha value is -3.17. The molecule has 2 heterocycles. The largest absolute Gasteiger partial charge is 0.573 e. The van der Waals surface area contributed by atoms with Gasteiger partial charge >= 0.3 is 6.36 Å². The van der Waals surface area contributed by atoms with Crippen molar-refractivity contribution in [3.63, 3.8) is 0 Å². The molecule has 1 aromatic carbocycles. The molecule has 1 atom stereocenters. The third-order valence-corrected chi connectivity index (χ3v) is 3.81. The number of halogens is 4. The summed E-state index contributed by atoms with van der Waals surface area (Å²) in [6, 6.07) is 3.61. The Bertz CT molecular complexity index is 1030. The van der Waals surface area contributed by atoms with Crippen molar-refractivity contribution >= 4 is 0 Å². The fourth-order valence-electron chi connectivity index (χ4n) is 2.60. The smallest absolute Gasteiger partial charge is 0.406 e. The zero-order valence-electron chi connectivity index (χ0n) is 14.2. The Morgan fingerprint density at radius 1 is 1.26 bits per heavy atom. The van der Waals surface area contributed by atoms with Gasteiger partial charge in [-0.05, 0) is 19.9 Å². The van der Waals surface area contributed by atoms with Gasteiger partial charge in [-0.2, -0.15) is 5.10 Å². The number of aryl methyl sites for hydroxylation is 1. The summed E-state index contributed by atoms with van der Waals surface area (Å²) in [6.45, 7) is 3.27. The number of nitrogens with one attached hydrogen (secondary N) is 1. The number of rotatable bonds is 4. The first-order valence-corrected chi connectivity index (χ1v) is 7.80. The van der Waals surface area contributed by atoms with E-state index in [-0.39, 0.29) is 11.1 Å². The Morgan fingerprint density at radius 2 is 2.00 bits per heavy atom. The molecule has 0 spiro atoms. The molecule has 0 aliphatic rings. The number of aromatic nitrogens is 4. The molecule has 3 rings (SSSR count). The number of nitrogens with zero attached hydrogens (tertiary/aromatic N) is 3. The van der Waals surface area contributed by atoms with Crippen LogP contribution in [0.5, 0.6) is 5.75 Å². The number of benzene rings is 1. The van der Waals surface area contributed by atoms with Gasteiger partial charge in [0.1, 0.15) is 17.4 Å². The highest BCUT2D eigenvalue weighted by Crippen LogP contribution is 2.28. The minimum Gasteiger partial charge on any atom is -0.406 e. The summed E-state index contributed by atoms with van der Waals surface area (Å²) in [7, 11) is 0. The number of alkyl halides is 3. The van der Waals surface area contributed by atoms with Crippen molar-refractivity contribution in [2.24, 2.45) is 0 Å². The fraction of sp³-hybridized carbons (Fsp3) is 0.235. The second kappa shape index (κ2) is 6.86. The van der Waals surface area contributed by atoms with Gasteiger partial charge in [-0.25, -0.2) is 9.37 Å². The standard InChI is InChI=1S/C17H14F4N4O2/c1-9(13-4-3-12(5-14(13)18)27-17(19,20)21)25-8-11(7-22-25)15-6-16(26)24-10(2)23-15/h3-9H,1-2H3,(H,23,24,26)/t9-/m1/s1. The topological polar surface area (TPSA) is 72.8 Å². The fourth-order valence-corrected chi connectivity index (χ4v) is 2.60. The molecule has 0 unspecified atom stereocenters. The second-order valence-corrected chi connectivity index (χ2v) is 5.83. The third-order valence-electron chi connectivity index (χ3n) is 3.81. The van der Waals surface area contributed by atoms with E-state index in [0.29, 0.717) is 23.1 Å². The molecule has 0 fully saturated rings. The van der Waals surface area contributed by atoms with Gasteiger partial charge in [0.2, 0.25) is 0 Å². The summed E-state index contributed by atoms with van der Waals surface area (Å²) in [5.74, 6) is -1.06. The monoisotopic (exact) mass is 382 g/mol. The molecule has 10 heteroatoms. The third kappa shape index (κ3) is 4.33. The first-order chi connectivity index (χ1) is 12.6. The van der Waals surface area contributed by atoms with Crippen molar-refractivity contribution in [2.75, 3.05) is 0 Å². The van der Waals surface area contributed by atoms with Crippen molar-refractivity contribution in [3.05, 3.63) is 64.2 Å². The van der Waals surface area contributed by atoms with E-state index in [1.54, 1.807) is 20.0 Å². The van der Waals surface area contributed by atoms with Gasteiger partial charge in [-0.1, -0.05) is 6.07 Å². The molecule has 1 N–H and O–H groups in total. The molecule has 0 amide bonds. The van der Waals surface area contributed by atoms with Crippen LogP contribution in [0.2, 0.25) is 0 Å². The van der Waals surface area contributed by atoms with E-state index in [1.165, 1.54) is 23.0 Å². The summed E-state index contributed by atoms with van der Waals surface area (Å²) >= 11 is 0. The SMILES string of the molecule is Cc1nc(-c2cnn([C@H](C)c3ccc(OC(F)(F)F)cc3F)c2)cc(=O)[nH]1. The summed E-state index contributed by atoms with van der Waals surface area (Å²) < 4.78 is 56.1. The van der Waals surface area contributed by atoms with Gasteiger partial charge < -0.3 is 9.72 Å². The number of hydrogen-bond donors (Lipinski definition) is 1. The highest BCUT2D eigenvalue weighted by atomic mass is 19.4. The first kappa shape index (κ1) is 18.6. The zero-order valence-corrected chi connectivity index (χ0v) is 14.2. The van der Waals surface area contributed by atoms with Gasteiger partial charge in [0.25, 0.3) is 5.56 Å². The lowest BCUT2D eigenvalue weighted by atomic mass is 10.1. The highest BCUT2D eigenvalue weighted by molar-refractivity contribution is 5.56. The summed E-state index contributed by atoms with van der Waals surface area (Å²) in [5.41, 5.74) is 0.774. The molecule has 2 aromatic heterocycles. The quantitative estimate of drug-likeness (QED) is 0.700. The maximum atomic E-state index is 14.3. The predicted molar refractivity (Wildman–Crippen MR) is 87.7 cm³/mol. The van der Waals surface area contributed by atoms with Crippen LogP contribution in [0, 0.1) is 12.7 Å². The molecule has 0 bridgehead atoms. The van der Waals surface area contributed by atoms with Crippen LogP contribution in [0.4, 0.5) is 17.6 Å². The Labute approximate surface area is 150 Å². The van der Waals surface area contributed by atoms with Gasteiger partial charge in [0.15, 0.2) is 0 Å².